The molecule has 1 N–H and O–H groups in total. The molecule has 150 valence electrons. The summed E-state index contributed by atoms with van der Waals surface area (Å²) >= 11 is 15.1. The van der Waals surface area contributed by atoms with E-state index >= 15 is 0 Å². The van der Waals surface area contributed by atoms with Crippen molar-refractivity contribution >= 4 is 56.7 Å². The molecule has 1 amide bonds. The molecule has 2 rings (SSSR count). The molecular weight excluding hydrogens is 477 g/mol. The van der Waals surface area contributed by atoms with Crippen molar-refractivity contribution < 1.29 is 28.5 Å². The number of hydrogen-bond donors (Lipinski definition) is 1. The number of amides is 1. The number of rotatable bonds is 7. The molecule has 0 aromatic heterocycles. The smallest absolute Gasteiger partial charge is 0.340 e. The van der Waals surface area contributed by atoms with Crippen molar-refractivity contribution in [2.75, 3.05) is 33.3 Å². The van der Waals surface area contributed by atoms with Crippen LogP contribution in [0.15, 0.2) is 28.7 Å². The summed E-state index contributed by atoms with van der Waals surface area (Å²) in [6.07, 6.45) is 0. The van der Waals surface area contributed by atoms with Gasteiger partial charge < -0.3 is 24.3 Å². The van der Waals surface area contributed by atoms with E-state index in [9.17, 15) is 9.59 Å². The Morgan fingerprint density at radius 3 is 2.32 bits per heavy atom. The number of carbonyl (C=O) groups is 2. The Morgan fingerprint density at radius 1 is 1.04 bits per heavy atom. The minimum absolute atomic E-state index is 0.100. The van der Waals surface area contributed by atoms with Gasteiger partial charge in [0.25, 0.3) is 5.91 Å². The first-order valence-corrected chi connectivity index (χ1v) is 9.27. The summed E-state index contributed by atoms with van der Waals surface area (Å²) in [5, 5.41) is 3.23. The van der Waals surface area contributed by atoms with Gasteiger partial charge in [-0.05, 0) is 40.2 Å². The molecule has 0 fully saturated rings. The quantitative estimate of drug-likeness (QED) is 0.569. The summed E-state index contributed by atoms with van der Waals surface area (Å²) in [6.45, 7) is -0.537. The number of benzene rings is 2. The fourth-order valence-electron chi connectivity index (χ4n) is 2.26. The molecule has 0 heterocycles. The predicted molar refractivity (Wildman–Crippen MR) is 109 cm³/mol. The van der Waals surface area contributed by atoms with Crippen molar-refractivity contribution in [1.29, 1.82) is 0 Å². The predicted octanol–water partition coefficient (Wildman–Crippen LogP) is 4.58. The largest absolute Gasteiger partial charge is 0.493 e. The highest BCUT2D eigenvalue weighted by atomic mass is 79.9. The van der Waals surface area contributed by atoms with Crippen LogP contribution in [0, 0.1) is 0 Å². The first-order chi connectivity index (χ1) is 13.3. The van der Waals surface area contributed by atoms with E-state index in [1.54, 1.807) is 12.1 Å². The highest BCUT2D eigenvalue weighted by Gasteiger charge is 2.24. The number of carbonyl (C=O) groups excluding carboxylic acids is 2. The van der Waals surface area contributed by atoms with Crippen LogP contribution >= 0.6 is 39.1 Å². The molecule has 0 bridgehead atoms. The topological polar surface area (TPSA) is 83.1 Å². The highest BCUT2D eigenvalue weighted by molar-refractivity contribution is 9.10. The average molecular weight is 493 g/mol. The van der Waals surface area contributed by atoms with E-state index in [1.165, 1.54) is 33.5 Å². The van der Waals surface area contributed by atoms with Crippen LogP contribution in [-0.2, 0) is 9.53 Å². The van der Waals surface area contributed by atoms with Crippen molar-refractivity contribution in [3.05, 3.63) is 44.3 Å². The van der Waals surface area contributed by atoms with Crippen molar-refractivity contribution in [3.63, 3.8) is 0 Å². The highest BCUT2D eigenvalue weighted by Crippen LogP contribution is 2.44. The Morgan fingerprint density at radius 2 is 1.71 bits per heavy atom. The molecule has 10 heteroatoms. The number of ether oxygens (including phenoxy) is 4. The first kappa shape index (κ1) is 22.1. The van der Waals surface area contributed by atoms with Crippen LogP contribution in [0.25, 0.3) is 0 Å². The van der Waals surface area contributed by atoms with Crippen LogP contribution in [0.2, 0.25) is 10.0 Å². The summed E-state index contributed by atoms with van der Waals surface area (Å²) < 4.78 is 21.1. The van der Waals surface area contributed by atoms with Crippen molar-refractivity contribution in [2.24, 2.45) is 0 Å². The second-order valence-corrected chi connectivity index (χ2v) is 6.89. The third-order valence-electron chi connectivity index (χ3n) is 3.53. The Balaban J connectivity index is 2.14. The zero-order chi connectivity index (χ0) is 20.8. The maximum atomic E-state index is 12.4. The number of halogens is 3. The molecule has 2 aromatic carbocycles. The van der Waals surface area contributed by atoms with Crippen LogP contribution in [-0.4, -0.2) is 39.8 Å². The van der Waals surface area contributed by atoms with Crippen LogP contribution < -0.4 is 19.5 Å². The van der Waals surface area contributed by atoms with Crippen molar-refractivity contribution in [1.82, 2.24) is 0 Å². The summed E-state index contributed by atoms with van der Waals surface area (Å²) in [5.74, 6) is -0.519. The van der Waals surface area contributed by atoms with Gasteiger partial charge in [0.1, 0.15) is 0 Å². The molecule has 28 heavy (non-hydrogen) atoms. The Labute approximate surface area is 179 Å². The Hall–Kier alpha value is -2.16. The summed E-state index contributed by atoms with van der Waals surface area (Å²) in [6, 6.07) is 6.03. The molecular formula is C18H16BrCl2NO6. The van der Waals surface area contributed by atoms with Gasteiger partial charge in [0, 0.05) is 5.02 Å². The van der Waals surface area contributed by atoms with Gasteiger partial charge in [-0.1, -0.05) is 23.2 Å². The fraction of sp³-hybridized carbons (Fsp3) is 0.222. The zero-order valence-corrected chi connectivity index (χ0v) is 18.2. The van der Waals surface area contributed by atoms with Gasteiger partial charge in [0.2, 0.25) is 5.75 Å². The maximum Gasteiger partial charge on any atom is 0.340 e. The van der Waals surface area contributed by atoms with Gasteiger partial charge in [-0.25, -0.2) is 4.79 Å². The fourth-order valence-corrected chi connectivity index (χ4v) is 3.21. The lowest BCUT2D eigenvalue weighted by Gasteiger charge is -2.16. The Kier molecular flexibility index (Phi) is 7.79. The van der Waals surface area contributed by atoms with Gasteiger partial charge in [-0.3, -0.25) is 4.79 Å². The lowest BCUT2D eigenvalue weighted by Crippen LogP contribution is -2.21. The second-order valence-electron chi connectivity index (χ2n) is 5.26. The summed E-state index contributed by atoms with van der Waals surface area (Å²) in [7, 11) is 4.28. The molecule has 0 radical (unpaired) electrons. The molecule has 0 aliphatic carbocycles. The van der Waals surface area contributed by atoms with Crippen molar-refractivity contribution in [3.8, 4) is 17.2 Å². The monoisotopic (exact) mass is 491 g/mol. The molecule has 0 saturated carbocycles. The van der Waals surface area contributed by atoms with E-state index in [1.807, 2.05) is 0 Å². The van der Waals surface area contributed by atoms with E-state index in [-0.39, 0.29) is 17.1 Å². The van der Waals surface area contributed by atoms with Gasteiger partial charge >= 0.3 is 5.97 Å². The molecule has 0 aliphatic rings. The van der Waals surface area contributed by atoms with Crippen molar-refractivity contribution in [2.45, 2.75) is 0 Å². The molecule has 0 unspecified atom stereocenters. The number of esters is 1. The molecule has 0 saturated heterocycles. The zero-order valence-electron chi connectivity index (χ0n) is 15.1. The lowest BCUT2D eigenvalue weighted by atomic mass is 10.2. The van der Waals surface area contributed by atoms with Gasteiger partial charge in [0.15, 0.2) is 18.1 Å². The van der Waals surface area contributed by atoms with Crippen LogP contribution in [0.4, 0.5) is 5.69 Å². The molecule has 0 spiro atoms. The van der Waals surface area contributed by atoms with E-state index in [0.717, 1.165) is 0 Å². The van der Waals surface area contributed by atoms with E-state index in [4.69, 9.17) is 42.1 Å². The Bertz CT molecular complexity index is 906. The molecule has 0 atom stereocenters. The average Bonchev–Trinajstić information content (AvgIpc) is 2.68. The van der Waals surface area contributed by atoms with Crippen LogP contribution in [0.1, 0.15) is 10.4 Å². The van der Waals surface area contributed by atoms with E-state index in [2.05, 4.69) is 21.2 Å². The standard InChI is InChI=1S/C18H16BrCl2NO6/c1-25-13-7-10(15(19)17(27-3)16(13)26-2)18(24)28-8-14(23)22-12-6-9(20)4-5-11(12)21/h4-7H,8H2,1-3H3,(H,22,23). The number of hydrogen-bond acceptors (Lipinski definition) is 6. The third kappa shape index (κ3) is 5.01. The second kappa shape index (κ2) is 9.86. The summed E-state index contributed by atoms with van der Waals surface area (Å²) in [4.78, 5) is 24.5. The first-order valence-electron chi connectivity index (χ1n) is 7.72. The van der Waals surface area contributed by atoms with E-state index in [0.29, 0.717) is 26.0 Å². The van der Waals surface area contributed by atoms with Gasteiger partial charge in [-0.15, -0.1) is 0 Å². The number of anilines is 1. The SMILES string of the molecule is COc1cc(C(=O)OCC(=O)Nc2cc(Cl)ccc2Cl)c(Br)c(OC)c1OC. The van der Waals surface area contributed by atoms with Crippen LogP contribution in [0.5, 0.6) is 17.2 Å². The lowest BCUT2D eigenvalue weighted by molar-refractivity contribution is -0.119. The normalized spacial score (nSPS) is 10.2. The summed E-state index contributed by atoms with van der Waals surface area (Å²) in [5.41, 5.74) is 0.410. The minimum Gasteiger partial charge on any atom is -0.493 e. The van der Waals surface area contributed by atoms with Gasteiger partial charge in [-0.2, -0.15) is 0 Å². The molecule has 7 nitrogen and oxygen atoms in total. The molecule has 0 aliphatic heterocycles. The van der Waals surface area contributed by atoms with Crippen LogP contribution in [0.3, 0.4) is 0 Å². The maximum absolute atomic E-state index is 12.4. The molecule has 2 aromatic rings. The van der Waals surface area contributed by atoms with E-state index < -0.39 is 18.5 Å². The number of methoxy groups -OCH3 is 3. The van der Waals surface area contributed by atoms with Gasteiger partial charge in [0.05, 0.1) is 42.1 Å². The number of nitrogens with one attached hydrogen (secondary N) is 1. The third-order valence-corrected chi connectivity index (χ3v) is 4.88. The minimum atomic E-state index is -0.765.